The Morgan fingerprint density at radius 2 is 2.20 bits per heavy atom. The van der Waals surface area contributed by atoms with Gasteiger partial charge >= 0.3 is 11.6 Å². The monoisotopic (exact) mass is 294 g/mol. The van der Waals surface area contributed by atoms with Crippen molar-refractivity contribution in [3.63, 3.8) is 0 Å². The number of hydrogen-bond donors (Lipinski definition) is 1. The van der Waals surface area contributed by atoms with Gasteiger partial charge in [0.25, 0.3) is 0 Å². The molecule has 1 aromatic carbocycles. The smallest absolute Gasteiger partial charge is 0.349 e. The average molecular weight is 295 g/mol. The largest absolute Gasteiger partial charge is 0.432 e. The summed E-state index contributed by atoms with van der Waals surface area (Å²) < 4.78 is 5.43. The molecule has 0 spiro atoms. The summed E-state index contributed by atoms with van der Waals surface area (Å²) in [6.07, 6.45) is 1.08. The molecular weight excluding hydrogens is 284 g/mol. The topological polar surface area (TPSA) is 90.2 Å². The maximum atomic E-state index is 10.9. The van der Waals surface area contributed by atoms with E-state index in [1.54, 1.807) is 25.2 Å². The zero-order valence-electron chi connectivity index (χ0n) is 10.8. The van der Waals surface area contributed by atoms with Crippen molar-refractivity contribution in [2.45, 2.75) is 6.92 Å². The van der Waals surface area contributed by atoms with Crippen molar-refractivity contribution in [3.8, 4) is 11.6 Å². The number of nitro groups is 1. The summed E-state index contributed by atoms with van der Waals surface area (Å²) in [5.41, 5.74) is 0.621. The highest BCUT2D eigenvalue weighted by Crippen LogP contribution is 2.33. The van der Waals surface area contributed by atoms with Crippen LogP contribution in [0.15, 0.2) is 24.4 Å². The van der Waals surface area contributed by atoms with Gasteiger partial charge in [0.1, 0.15) is 11.9 Å². The minimum absolute atomic E-state index is 0.167. The van der Waals surface area contributed by atoms with Gasteiger partial charge in [0.05, 0.1) is 9.95 Å². The summed E-state index contributed by atoms with van der Waals surface area (Å²) in [5.74, 6) is 0.343. The van der Waals surface area contributed by atoms with Crippen LogP contribution in [0.2, 0.25) is 5.02 Å². The summed E-state index contributed by atoms with van der Waals surface area (Å²) in [4.78, 5) is 18.0. The van der Waals surface area contributed by atoms with Crippen LogP contribution in [0.4, 0.5) is 11.6 Å². The molecule has 0 atom stereocenters. The van der Waals surface area contributed by atoms with E-state index in [-0.39, 0.29) is 17.5 Å². The standard InChI is InChI=1S/C12H11ClN4O3/c1-7-3-4-10(8(13)5-7)20-11-9(17(18)19)6-15-12(14-2)16-11/h3-6H,1-2H3,(H,14,15,16). The lowest BCUT2D eigenvalue weighted by molar-refractivity contribution is -0.386. The van der Waals surface area contributed by atoms with Crippen LogP contribution in [0.1, 0.15) is 5.56 Å². The van der Waals surface area contributed by atoms with Gasteiger partial charge in [0.15, 0.2) is 0 Å². The lowest BCUT2D eigenvalue weighted by Crippen LogP contribution is -2.02. The molecule has 0 radical (unpaired) electrons. The third-order valence-electron chi connectivity index (χ3n) is 2.45. The van der Waals surface area contributed by atoms with E-state index >= 15 is 0 Å². The van der Waals surface area contributed by atoms with Crippen LogP contribution >= 0.6 is 11.6 Å². The predicted octanol–water partition coefficient (Wildman–Crippen LogP) is 3.18. The summed E-state index contributed by atoms with van der Waals surface area (Å²) >= 11 is 6.03. The highest BCUT2D eigenvalue weighted by molar-refractivity contribution is 6.32. The molecule has 0 unspecified atom stereocenters. The molecule has 104 valence electrons. The molecule has 1 N–H and O–H groups in total. The Morgan fingerprint density at radius 1 is 1.45 bits per heavy atom. The third-order valence-corrected chi connectivity index (χ3v) is 2.75. The van der Waals surface area contributed by atoms with Gasteiger partial charge in [-0.05, 0) is 24.6 Å². The van der Waals surface area contributed by atoms with Crippen LogP contribution in [0.3, 0.4) is 0 Å². The van der Waals surface area contributed by atoms with Crippen LogP contribution in [0.5, 0.6) is 11.6 Å². The van der Waals surface area contributed by atoms with Crippen molar-refractivity contribution in [1.29, 1.82) is 0 Å². The van der Waals surface area contributed by atoms with Crippen molar-refractivity contribution >= 4 is 23.2 Å². The number of halogens is 1. The van der Waals surface area contributed by atoms with E-state index in [4.69, 9.17) is 16.3 Å². The Balaban J connectivity index is 2.43. The first-order chi connectivity index (χ1) is 9.51. The highest BCUT2D eigenvalue weighted by atomic mass is 35.5. The van der Waals surface area contributed by atoms with Crippen molar-refractivity contribution in [1.82, 2.24) is 9.97 Å². The minimum Gasteiger partial charge on any atom is -0.432 e. The van der Waals surface area contributed by atoms with E-state index in [0.717, 1.165) is 11.8 Å². The summed E-state index contributed by atoms with van der Waals surface area (Å²) in [6, 6.07) is 5.11. The molecule has 2 aromatic rings. The maximum absolute atomic E-state index is 10.9. The summed E-state index contributed by atoms with van der Waals surface area (Å²) in [5, 5.41) is 14.0. The number of benzene rings is 1. The second kappa shape index (κ2) is 5.70. The quantitative estimate of drug-likeness (QED) is 0.688. The Labute approximate surface area is 119 Å². The number of hydrogen-bond acceptors (Lipinski definition) is 6. The Bertz CT molecular complexity index is 663. The summed E-state index contributed by atoms with van der Waals surface area (Å²) in [7, 11) is 1.60. The van der Waals surface area contributed by atoms with Crippen molar-refractivity contribution in [3.05, 3.63) is 45.1 Å². The molecule has 0 aliphatic carbocycles. The number of nitrogens with one attached hydrogen (secondary N) is 1. The Morgan fingerprint density at radius 3 is 2.80 bits per heavy atom. The molecule has 0 aliphatic rings. The fourth-order valence-electron chi connectivity index (χ4n) is 1.47. The van der Waals surface area contributed by atoms with Crippen molar-refractivity contribution in [2.75, 3.05) is 12.4 Å². The fourth-order valence-corrected chi connectivity index (χ4v) is 1.75. The van der Waals surface area contributed by atoms with Gasteiger partial charge in [-0.25, -0.2) is 4.98 Å². The van der Waals surface area contributed by atoms with E-state index < -0.39 is 4.92 Å². The Kier molecular flexibility index (Phi) is 3.99. The second-order valence-electron chi connectivity index (χ2n) is 3.93. The van der Waals surface area contributed by atoms with Crippen molar-refractivity contribution < 1.29 is 9.66 Å². The van der Waals surface area contributed by atoms with E-state index in [1.807, 2.05) is 6.92 Å². The first kappa shape index (κ1) is 14.0. The van der Waals surface area contributed by atoms with Crippen LogP contribution < -0.4 is 10.1 Å². The van der Waals surface area contributed by atoms with Gasteiger partial charge in [-0.1, -0.05) is 17.7 Å². The van der Waals surface area contributed by atoms with Crippen molar-refractivity contribution in [2.24, 2.45) is 0 Å². The highest BCUT2D eigenvalue weighted by Gasteiger charge is 2.20. The SMILES string of the molecule is CNc1ncc([N+](=O)[O-])c(Oc2ccc(C)cc2Cl)n1. The molecule has 0 amide bonds. The number of aryl methyl sites for hydroxylation is 1. The maximum Gasteiger partial charge on any atom is 0.349 e. The lowest BCUT2D eigenvalue weighted by Gasteiger charge is -2.08. The van der Waals surface area contributed by atoms with Gasteiger partial charge in [0, 0.05) is 7.05 Å². The second-order valence-corrected chi connectivity index (χ2v) is 4.33. The van der Waals surface area contributed by atoms with E-state index in [1.165, 1.54) is 0 Å². The third kappa shape index (κ3) is 2.94. The van der Waals surface area contributed by atoms with E-state index in [9.17, 15) is 10.1 Å². The van der Waals surface area contributed by atoms with Gasteiger partial charge in [-0.2, -0.15) is 4.98 Å². The fraction of sp³-hybridized carbons (Fsp3) is 0.167. The number of aromatic nitrogens is 2. The van der Waals surface area contributed by atoms with Gasteiger partial charge < -0.3 is 10.1 Å². The molecule has 0 saturated heterocycles. The molecule has 0 saturated carbocycles. The predicted molar refractivity (Wildman–Crippen MR) is 74.5 cm³/mol. The molecule has 20 heavy (non-hydrogen) atoms. The normalized spacial score (nSPS) is 10.2. The molecule has 2 rings (SSSR count). The average Bonchev–Trinajstić information content (AvgIpc) is 2.41. The Hall–Kier alpha value is -2.41. The van der Waals surface area contributed by atoms with Crippen LogP contribution in [0, 0.1) is 17.0 Å². The number of rotatable bonds is 4. The first-order valence-corrected chi connectivity index (χ1v) is 6.02. The lowest BCUT2D eigenvalue weighted by atomic mass is 10.2. The zero-order valence-corrected chi connectivity index (χ0v) is 11.5. The molecule has 0 aliphatic heterocycles. The molecule has 1 heterocycles. The van der Waals surface area contributed by atoms with Gasteiger partial charge in [-0.3, -0.25) is 10.1 Å². The van der Waals surface area contributed by atoms with Gasteiger partial charge in [0.2, 0.25) is 5.95 Å². The van der Waals surface area contributed by atoms with Crippen LogP contribution in [-0.2, 0) is 0 Å². The first-order valence-electron chi connectivity index (χ1n) is 5.64. The van der Waals surface area contributed by atoms with Gasteiger partial charge in [-0.15, -0.1) is 0 Å². The number of anilines is 1. The summed E-state index contributed by atoms with van der Waals surface area (Å²) in [6.45, 7) is 1.88. The molecule has 8 heteroatoms. The van der Waals surface area contributed by atoms with E-state index in [0.29, 0.717) is 10.8 Å². The van der Waals surface area contributed by atoms with E-state index in [2.05, 4.69) is 15.3 Å². The van der Waals surface area contributed by atoms with Crippen LogP contribution in [0.25, 0.3) is 0 Å². The van der Waals surface area contributed by atoms with Crippen LogP contribution in [-0.4, -0.2) is 21.9 Å². The molecule has 0 bridgehead atoms. The number of ether oxygens (including phenoxy) is 1. The number of nitrogens with zero attached hydrogens (tertiary/aromatic N) is 3. The zero-order chi connectivity index (χ0) is 14.7. The molecule has 7 nitrogen and oxygen atoms in total. The molecular formula is C12H11ClN4O3. The minimum atomic E-state index is -0.614. The molecule has 0 fully saturated rings. The molecule has 1 aromatic heterocycles.